The van der Waals surface area contributed by atoms with Gasteiger partial charge in [0.05, 0.1) is 0 Å². The third-order valence-electron chi connectivity index (χ3n) is 2.42. The molecule has 11 heteroatoms. The van der Waals surface area contributed by atoms with Crippen LogP contribution < -0.4 is 33.2 Å². The molecule has 9 nitrogen and oxygen atoms in total. The van der Waals surface area contributed by atoms with Gasteiger partial charge in [-0.2, -0.15) is 0 Å². The van der Waals surface area contributed by atoms with Gasteiger partial charge in [0.25, 0.3) is 0 Å². The number of carbonyl (C=O) groups is 1. The lowest BCUT2D eigenvalue weighted by molar-refractivity contribution is 0.196. The summed E-state index contributed by atoms with van der Waals surface area (Å²) in [4.78, 5) is 14.8. The normalized spacial score (nSPS) is 23.1. The van der Waals surface area contributed by atoms with Crippen LogP contribution in [0.3, 0.4) is 0 Å². The van der Waals surface area contributed by atoms with E-state index in [1.54, 1.807) is 14.1 Å². The number of rotatable bonds is 4. The molecule has 0 radical (unpaired) electrons. The highest BCUT2D eigenvalue weighted by atomic mass is 32.1. The van der Waals surface area contributed by atoms with Gasteiger partial charge in [-0.15, -0.1) is 0 Å². The summed E-state index contributed by atoms with van der Waals surface area (Å²) in [7, 11) is 3.28. The van der Waals surface area contributed by atoms with E-state index in [1.165, 1.54) is 9.80 Å². The van der Waals surface area contributed by atoms with E-state index in [2.05, 4.69) is 46.1 Å². The van der Waals surface area contributed by atoms with Crippen LogP contribution in [0.15, 0.2) is 0 Å². The van der Waals surface area contributed by atoms with Crippen molar-refractivity contribution in [1.82, 2.24) is 31.5 Å². The molecule has 0 aliphatic carbocycles. The predicted octanol–water partition coefficient (Wildman–Crippen LogP) is -2.69. The number of urea groups is 1. The molecular formula is C7H16N8OS2. The molecule has 0 bridgehead atoms. The van der Waals surface area contributed by atoms with Gasteiger partial charge >= 0.3 is 6.03 Å². The largest absolute Gasteiger partial charge is 0.375 e. The van der Waals surface area contributed by atoms with E-state index in [0.717, 1.165) is 0 Å². The maximum absolute atomic E-state index is 11.8. The first-order valence-corrected chi connectivity index (χ1v) is 5.77. The average Bonchev–Trinajstić information content (AvgIpc) is 2.48. The number of nitrogens with two attached hydrogens (primary N) is 2. The van der Waals surface area contributed by atoms with Crippen LogP contribution in [0, 0.1) is 0 Å². The Labute approximate surface area is 115 Å². The molecule has 0 aromatic carbocycles. The monoisotopic (exact) mass is 292 g/mol. The quantitative estimate of drug-likeness (QED) is 0.243. The molecule has 0 spiro atoms. The number of hydrogen-bond donors (Lipinski definition) is 6. The maximum atomic E-state index is 11.8. The number of nitrogens with zero attached hydrogens (tertiary/aromatic N) is 2. The third-order valence-corrected chi connectivity index (χ3v) is 2.63. The van der Waals surface area contributed by atoms with Crippen molar-refractivity contribution in [3.05, 3.63) is 0 Å². The van der Waals surface area contributed by atoms with E-state index in [9.17, 15) is 4.79 Å². The standard InChI is InChI=1S/C7H16N8OS2/c1-14-3(10-12-5(8)17)4(11-13-6(9)18)15(2)7(14)16/h3-4,10-11H,1-2H3,(H3,8,12,17)(H3,9,13,18)/t3-,4+. The average molecular weight is 292 g/mol. The summed E-state index contributed by atoms with van der Waals surface area (Å²) in [5, 5.41) is 0.151. The Morgan fingerprint density at radius 2 is 1.39 bits per heavy atom. The van der Waals surface area contributed by atoms with Crippen molar-refractivity contribution >= 4 is 40.7 Å². The Morgan fingerprint density at radius 3 is 1.67 bits per heavy atom. The van der Waals surface area contributed by atoms with Crippen LogP contribution >= 0.6 is 24.4 Å². The van der Waals surface area contributed by atoms with Crippen LogP contribution in [-0.4, -0.2) is 52.5 Å². The molecule has 1 fully saturated rings. The van der Waals surface area contributed by atoms with Gasteiger partial charge in [-0.3, -0.25) is 10.9 Å². The Kier molecular flexibility index (Phi) is 4.84. The Bertz CT molecular complexity index is 331. The lowest BCUT2D eigenvalue weighted by Crippen LogP contribution is -2.62. The second-order valence-corrected chi connectivity index (χ2v) is 4.54. The lowest BCUT2D eigenvalue weighted by atomic mass is 10.4. The third kappa shape index (κ3) is 3.29. The van der Waals surface area contributed by atoms with Gasteiger partial charge in [-0.1, -0.05) is 0 Å². The molecule has 1 rings (SSSR count). The van der Waals surface area contributed by atoms with Gasteiger partial charge in [0.2, 0.25) is 0 Å². The summed E-state index contributed by atoms with van der Waals surface area (Å²) in [5.41, 5.74) is 21.5. The number of hydrazine groups is 2. The number of likely N-dealkylation sites (N-methyl/N-ethyl adjacent to an activating group) is 2. The van der Waals surface area contributed by atoms with E-state index in [-0.39, 0.29) is 16.3 Å². The van der Waals surface area contributed by atoms with E-state index in [4.69, 9.17) is 11.5 Å². The number of thiocarbonyl (C=S) groups is 2. The van der Waals surface area contributed by atoms with Crippen LogP contribution in [0.2, 0.25) is 0 Å². The van der Waals surface area contributed by atoms with Gasteiger partial charge in [0.15, 0.2) is 10.2 Å². The first kappa shape index (κ1) is 14.6. The summed E-state index contributed by atoms with van der Waals surface area (Å²) >= 11 is 9.37. The zero-order chi connectivity index (χ0) is 13.9. The summed E-state index contributed by atoms with van der Waals surface area (Å²) < 4.78 is 0. The Hall–Kier alpha value is -1.43. The highest BCUT2D eigenvalue weighted by molar-refractivity contribution is 7.80. The maximum Gasteiger partial charge on any atom is 0.322 e. The van der Waals surface area contributed by atoms with E-state index in [0.29, 0.717) is 0 Å². The summed E-state index contributed by atoms with van der Waals surface area (Å²) in [5.74, 6) is 0. The zero-order valence-corrected chi connectivity index (χ0v) is 11.6. The fourth-order valence-electron chi connectivity index (χ4n) is 1.55. The molecule has 1 aliphatic rings. The molecule has 102 valence electrons. The van der Waals surface area contributed by atoms with Gasteiger partial charge < -0.3 is 21.3 Å². The molecule has 8 N–H and O–H groups in total. The SMILES string of the molecule is CN1C(=O)N(C)[C@@H](NNC(N)=S)[C@H]1NNC(N)=S. The van der Waals surface area contributed by atoms with Gasteiger partial charge in [0.1, 0.15) is 12.3 Å². The van der Waals surface area contributed by atoms with Crippen molar-refractivity contribution in [3.8, 4) is 0 Å². The predicted molar refractivity (Wildman–Crippen MR) is 74.6 cm³/mol. The van der Waals surface area contributed by atoms with Gasteiger partial charge in [0, 0.05) is 14.1 Å². The van der Waals surface area contributed by atoms with E-state index in [1.807, 2.05) is 0 Å². The molecular weight excluding hydrogens is 276 g/mol. The fourth-order valence-corrected chi connectivity index (χ4v) is 1.67. The number of amides is 2. The first-order valence-electron chi connectivity index (χ1n) is 4.96. The van der Waals surface area contributed by atoms with E-state index >= 15 is 0 Å². The van der Waals surface area contributed by atoms with Crippen LogP contribution in [0.1, 0.15) is 0 Å². The molecule has 2 atom stereocenters. The Morgan fingerprint density at radius 1 is 1.06 bits per heavy atom. The summed E-state index contributed by atoms with van der Waals surface area (Å²) in [6.07, 6.45) is -0.823. The zero-order valence-electron chi connectivity index (χ0n) is 9.93. The number of carbonyl (C=O) groups excluding carboxylic acids is 1. The van der Waals surface area contributed by atoms with Crippen molar-refractivity contribution < 1.29 is 4.79 Å². The topological polar surface area (TPSA) is 124 Å². The van der Waals surface area contributed by atoms with Crippen molar-refractivity contribution in [2.45, 2.75) is 12.3 Å². The highest BCUT2D eigenvalue weighted by Crippen LogP contribution is 2.14. The van der Waals surface area contributed by atoms with E-state index < -0.39 is 12.3 Å². The van der Waals surface area contributed by atoms with Crippen molar-refractivity contribution in [2.75, 3.05) is 14.1 Å². The second kappa shape index (κ2) is 5.95. The fraction of sp³-hybridized carbons (Fsp3) is 0.571. The lowest BCUT2D eigenvalue weighted by Gasteiger charge is -2.27. The minimum atomic E-state index is -0.411. The number of nitrogens with one attached hydrogen (secondary N) is 4. The minimum Gasteiger partial charge on any atom is -0.375 e. The molecule has 2 amide bonds. The molecule has 1 saturated heterocycles. The molecule has 0 aromatic rings. The van der Waals surface area contributed by atoms with Crippen LogP contribution in [0.25, 0.3) is 0 Å². The minimum absolute atomic E-state index is 0.0754. The van der Waals surface area contributed by atoms with Gasteiger partial charge in [-0.25, -0.2) is 15.6 Å². The van der Waals surface area contributed by atoms with Crippen LogP contribution in [-0.2, 0) is 0 Å². The van der Waals surface area contributed by atoms with Crippen LogP contribution in [0.5, 0.6) is 0 Å². The molecule has 1 aliphatic heterocycles. The van der Waals surface area contributed by atoms with Crippen LogP contribution in [0.4, 0.5) is 4.79 Å². The van der Waals surface area contributed by atoms with Crippen molar-refractivity contribution in [2.24, 2.45) is 11.5 Å². The summed E-state index contributed by atoms with van der Waals surface area (Å²) in [6, 6.07) is -0.181. The first-order chi connectivity index (χ1) is 8.34. The highest BCUT2D eigenvalue weighted by Gasteiger charge is 2.41. The van der Waals surface area contributed by atoms with Gasteiger partial charge in [-0.05, 0) is 24.4 Å². The second-order valence-electron chi connectivity index (χ2n) is 3.66. The number of hydrogen-bond acceptors (Lipinski definition) is 5. The molecule has 0 unspecified atom stereocenters. The molecule has 0 aromatic heterocycles. The van der Waals surface area contributed by atoms with Crippen molar-refractivity contribution in [1.29, 1.82) is 0 Å². The molecule has 1 heterocycles. The van der Waals surface area contributed by atoms with Crippen molar-refractivity contribution in [3.63, 3.8) is 0 Å². The molecule has 18 heavy (non-hydrogen) atoms. The molecule has 0 saturated carbocycles. The Balaban J connectivity index is 2.71. The smallest absolute Gasteiger partial charge is 0.322 e. The summed E-state index contributed by atoms with van der Waals surface area (Å²) in [6.45, 7) is 0.